The van der Waals surface area contributed by atoms with Crippen molar-refractivity contribution < 1.29 is 13.6 Å². The van der Waals surface area contributed by atoms with Crippen LogP contribution in [0, 0.1) is 5.41 Å². The number of amides is 1. The second-order valence-corrected chi connectivity index (χ2v) is 7.98. The van der Waals surface area contributed by atoms with E-state index < -0.39 is 5.76 Å². The summed E-state index contributed by atoms with van der Waals surface area (Å²) in [7, 11) is 0. The summed E-state index contributed by atoms with van der Waals surface area (Å²) in [6, 6.07) is 6.73. The van der Waals surface area contributed by atoms with Crippen LogP contribution in [0.2, 0.25) is 0 Å². The van der Waals surface area contributed by atoms with Crippen LogP contribution in [0.1, 0.15) is 32.1 Å². The number of rotatable bonds is 5. The fourth-order valence-corrected chi connectivity index (χ4v) is 4.52. The third-order valence-corrected chi connectivity index (χ3v) is 5.83. The molecule has 1 fully saturated rings. The van der Waals surface area contributed by atoms with Crippen molar-refractivity contribution in [3.63, 3.8) is 0 Å². The summed E-state index contributed by atoms with van der Waals surface area (Å²) in [6.07, 6.45) is 10.3. The molecule has 1 saturated heterocycles. The maximum Gasteiger partial charge on any atom is 0.288 e. The van der Waals surface area contributed by atoms with Gasteiger partial charge in [-0.15, -0.1) is 0 Å². The second kappa shape index (κ2) is 8.32. The van der Waals surface area contributed by atoms with Gasteiger partial charge in [-0.3, -0.25) is 9.69 Å². The van der Waals surface area contributed by atoms with Gasteiger partial charge >= 0.3 is 0 Å². The van der Waals surface area contributed by atoms with Gasteiger partial charge in [-0.25, -0.2) is 0 Å². The zero-order chi connectivity index (χ0) is 17.7. The van der Waals surface area contributed by atoms with E-state index in [4.69, 9.17) is 0 Å². The highest BCUT2D eigenvalue weighted by Crippen LogP contribution is 2.40. The first-order valence-electron chi connectivity index (χ1n) is 8.77. The number of allylic oxidation sites excluding steroid dienone is 2. The summed E-state index contributed by atoms with van der Waals surface area (Å²) in [5.74, 6) is -2.63. The second-order valence-electron chi connectivity index (χ2n) is 6.95. The molecule has 2 aliphatic rings. The Morgan fingerprint density at radius 1 is 1.28 bits per heavy atom. The minimum absolute atomic E-state index is 0.134. The summed E-state index contributed by atoms with van der Waals surface area (Å²) in [5, 5.41) is 2.81. The van der Waals surface area contributed by atoms with E-state index in [0.29, 0.717) is 34.3 Å². The van der Waals surface area contributed by atoms with Crippen molar-refractivity contribution in [3.8, 4) is 0 Å². The largest absolute Gasteiger partial charge is 0.324 e. The number of nitrogens with zero attached hydrogens (tertiary/aromatic N) is 1. The number of anilines is 1. The lowest BCUT2D eigenvalue weighted by Gasteiger charge is -2.43. The highest BCUT2D eigenvalue weighted by Gasteiger charge is 2.35. The lowest BCUT2D eigenvalue weighted by atomic mass is 9.71. The van der Waals surface area contributed by atoms with Gasteiger partial charge in [-0.1, -0.05) is 36.0 Å². The Balaban J connectivity index is 1.58. The van der Waals surface area contributed by atoms with Crippen LogP contribution in [0.25, 0.3) is 0 Å². The fraction of sp³-hybridized carbons (Fsp3) is 0.526. The van der Waals surface area contributed by atoms with Gasteiger partial charge in [0.05, 0.1) is 12.2 Å². The summed E-state index contributed by atoms with van der Waals surface area (Å²) in [4.78, 5) is 15.0. The molecular formula is C19H24F2N2OS. The molecule has 1 atom stereocenters. The van der Waals surface area contributed by atoms with Crippen molar-refractivity contribution in [3.05, 3.63) is 36.4 Å². The Bertz CT molecular complexity index is 638. The number of thioether (sulfide) groups is 1. The lowest BCUT2D eigenvalue weighted by Crippen LogP contribution is -2.46. The van der Waals surface area contributed by atoms with Gasteiger partial charge in [0.2, 0.25) is 5.91 Å². The predicted molar refractivity (Wildman–Crippen MR) is 98.0 cm³/mol. The molecule has 1 heterocycles. The molecule has 3 nitrogen and oxygen atoms in total. The number of nitrogens with one attached hydrogen (secondary N) is 1. The number of carbonyl (C=O) groups excluding carboxylic acids is 1. The Hall–Kier alpha value is -1.40. The van der Waals surface area contributed by atoms with Crippen molar-refractivity contribution >= 4 is 23.4 Å². The van der Waals surface area contributed by atoms with E-state index in [-0.39, 0.29) is 5.91 Å². The molecule has 1 aromatic carbocycles. The van der Waals surface area contributed by atoms with Gasteiger partial charge in [0, 0.05) is 11.4 Å². The van der Waals surface area contributed by atoms with Crippen LogP contribution in [0.3, 0.4) is 0 Å². The topological polar surface area (TPSA) is 32.3 Å². The molecule has 1 unspecified atom stereocenters. The van der Waals surface area contributed by atoms with Crippen molar-refractivity contribution in [1.82, 2.24) is 4.90 Å². The van der Waals surface area contributed by atoms with Crippen molar-refractivity contribution in [2.24, 2.45) is 5.41 Å². The zero-order valence-electron chi connectivity index (χ0n) is 14.2. The zero-order valence-corrected chi connectivity index (χ0v) is 15.0. The maximum atomic E-state index is 12.6. The molecule has 0 aromatic heterocycles. The number of halogens is 2. The van der Waals surface area contributed by atoms with Crippen LogP contribution in [0.4, 0.5) is 14.5 Å². The van der Waals surface area contributed by atoms with E-state index in [1.165, 1.54) is 12.8 Å². The summed E-state index contributed by atoms with van der Waals surface area (Å²) in [6.45, 7) is 2.18. The predicted octanol–water partition coefficient (Wildman–Crippen LogP) is 4.76. The van der Waals surface area contributed by atoms with Gasteiger partial charge in [0.15, 0.2) is 0 Å². The molecule has 1 aromatic rings. The maximum absolute atomic E-state index is 12.6. The minimum atomic E-state index is -2.50. The van der Waals surface area contributed by atoms with Crippen LogP contribution in [-0.2, 0) is 4.79 Å². The van der Waals surface area contributed by atoms with Gasteiger partial charge in [-0.2, -0.15) is 8.78 Å². The van der Waals surface area contributed by atoms with Crippen molar-refractivity contribution in [2.45, 2.75) is 42.8 Å². The summed E-state index contributed by atoms with van der Waals surface area (Å²) < 4.78 is 25.3. The normalized spacial score (nSPS) is 24.0. The van der Waals surface area contributed by atoms with Gasteiger partial charge in [0.1, 0.15) is 0 Å². The average Bonchev–Trinajstić information content (AvgIpc) is 2.57. The quantitative estimate of drug-likeness (QED) is 0.602. The molecular weight excluding hydrogens is 342 g/mol. The molecule has 0 saturated carbocycles. The molecule has 25 heavy (non-hydrogen) atoms. The van der Waals surface area contributed by atoms with Gasteiger partial charge < -0.3 is 5.32 Å². The summed E-state index contributed by atoms with van der Waals surface area (Å²) >= 11 is 0.461. The SMILES string of the molecule is O=C(CN1CCCC2(CC=CCC2)C1)Nc1ccccc1SC(F)F. The number of hydrogen-bond acceptors (Lipinski definition) is 3. The highest BCUT2D eigenvalue weighted by atomic mass is 32.2. The molecule has 1 amide bonds. The van der Waals surface area contributed by atoms with Crippen LogP contribution >= 0.6 is 11.8 Å². The van der Waals surface area contributed by atoms with E-state index in [2.05, 4.69) is 22.4 Å². The third-order valence-electron chi connectivity index (χ3n) is 5.04. The minimum Gasteiger partial charge on any atom is -0.324 e. The Labute approximate surface area is 151 Å². The number of alkyl halides is 2. The Kier molecular flexibility index (Phi) is 6.12. The number of hydrogen-bond donors (Lipinski definition) is 1. The van der Waals surface area contributed by atoms with Gasteiger partial charge in [-0.05, 0) is 56.2 Å². The van der Waals surface area contributed by atoms with E-state index in [1.54, 1.807) is 24.3 Å². The first-order valence-corrected chi connectivity index (χ1v) is 9.65. The van der Waals surface area contributed by atoms with E-state index in [1.807, 2.05) is 0 Å². The van der Waals surface area contributed by atoms with Crippen LogP contribution < -0.4 is 5.32 Å². The first-order chi connectivity index (χ1) is 12.1. The van der Waals surface area contributed by atoms with Crippen molar-refractivity contribution in [1.29, 1.82) is 0 Å². The van der Waals surface area contributed by atoms with Crippen LogP contribution in [-0.4, -0.2) is 36.2 Å². The number of likely N-dealkylation sites (tertiary alicyclic amines) is 1. The van der Waals surface area contributed by atoms with E-state index in [0.717, 1.165) is 32.4 Å². The molecule has 0 radical (unpaired) electrons. The van der Waals surface area contributed by atoms with Crippen molar-refractivity contribution in [2.75, 3.05) is 25.0 Å². The molecule has 1 aliphatic carbocycles. The lowest BCUT2D eigenvalue weighted by molar-refractivity contribution is -0.118. The Morgan fingerprint density at radius 2 is 2.12 bits per heavy atom. The molecule has 6 heteroatoms. The highest BCUT2D eigenvalue weighted by molar-refractivity contribution is 7.99. The average molecular weight is 366 g/mol. The number of para-hydroxylation sites is 1. The third kappa shape index (κ3) is 5.05. The van der Waals surface area contributed by atoms with Crippen LogP contribution in [0.15, 0.2) is 41.3 Å². The molecule has 1 aliphatic heterocycles. The molecule has 3 rings (SSSR count). The smallest absolute Gasteiger partial charge is 0.288 e. The van der Waals surface area contributed by atoms with E-state index >= 15 is 0 Å². The molecule has 1 spiro atoms. The fourth-order valence-electron chi connectivity index (χ4n) is 3.92. The monoisotopic (exact) mass is 366 g/mol. The van der Waals surface area contributed by atoms with Gasteiger partial charge in [0.25, 0.3) is 5.76 Å². The number of piperidine rings is 1. The summed E-state index contributed by atoms with van der Waals surface area (Å²) in [5.41, 5.74) is 0.779. The molecule has 0 bridgehead atoms. The Morgan fingerprint density at radius 3 is 2.88 bits per heavy atom. The molecule has 1 N–H and O–H groups in total. The van der Waals surface area contributed by atoms with E-state index in [9.17, 15) is 13.6 Å². The first kappa shape index (κ1) is 18.4. The van der Waals surface area contributed by atoms with Crippen LogP contribution in [0.5, 0.6) is 0 Å². The standard InChI is InChI=1S/C19H24F2N2OS/c20-18(21)25-16-8-3-2-7-15(16)22-17(24)13-23-12-6-11-19(14-23)9-4-1-5-10-19/h1-4,7-8,18H,5-6,9-14H2,(H,22,24). The molecule has 136 valence electrons. The number of carbonyl (C=O) groups is 1. The number of benzene rings is 1.